The second kappa shape index (κ2) is 11.8. The Morgan fingerprint density at radius 1 is 1.16 bits per heavy atom. The average molecular weight is 549 g/mol. The van der Waals surface area contributed by atoms with Gasteiger partial charge in [-0.15, -0.1) is 0 Å². The lowest BCUT2D eigenvalue weighted by atomic mass is 9.94. The number of anilines is 1. The molecule has 0 unspecified atom stereocenters. The van der Waals surface area contributed by atoms with Gasteiger partial charge in [-0.2, -0.15) is 12.7 Å². The van der Waals surface area contributed by atoms with E-state index in [1.807, 2.05) is 18.2 Å². The van der Waals surface area contributed by atoms with Crippen molar-refractivity contribution in [2.45, 2.75) is 65.3 Å². The summed E-state index contributed by atoms with van der Waals surface area (Å²) in [6.07, 6.45) is 4.02. The predicted octanol–water partition coefficient (Wildman–Crippen LogP) is 3.57. The van der Waals surface area contributed by atoms with Gasteiger partial charge in [-0.1, -0.05) is 34.1 Å². The first-order valence-electron chi connectivity index (χ1n) is 13.9. The van der Waals surface area contributed by atoms with Crippen LogP contribution in [0.4, 0.5) is 10.5 Å². The molecule has 4 rings (SSSR count). The van der Waals surface area contributed by atoms with E-state index in [2.05, 4.69) is 37.6 Å². The number of ether oxygens (including phenoxy) is 1. The first-order chi connectivity index (χ1) is 18.0. The van der Waals surface area contributed by atoms with Gasteiger partial charge in [-0.3, -0.25) is 4.31 Å². The Labute approximate surface area is 227 Å². The number of fused-ring (bicyclic) bond motifs is 1. The van der Waals surface area contributed by atoms with Crippen molar-refractivity contribution in [2.24, 2.45) is 5.92 Å². The van der Waals surface area contributed by atoms with Crippen LogP contribution in [0.15, 0.2) is 18.2 Å². The predicted molar refractivity (Wildman–Crippen MR) is 151 cm³/mol. The summed E-state index contributed by atoms with van der Waals surface area (Å²) >= 11 is 0. The van der Waals surface area contributed by atoms with Crippen LogP contribution in [0.1, 0.15) is 59.2 Å². The molecule has 0 bridgehead atoms. The minimum atomic E-state index is -3.75. The van der Waals surface area contributed by atoms with Crippen LogP contribution in [0.25, 0.3) is 11.0 Å². The summed E-state index contributed by atoms with van der Waals surface area (Å²) in [5.41, 5.74) is 2.26. The zero-order valence-electron chi connectivity index (χ0n) is 23.6. The fourth-order valence-corrected chi connectivity index (χ4v) is 6.52. The molecule has 0 radical (unpaired) electrons. The van der Waals surface area contributed by atoms with Crippen molar-refractivity contribution >= 4 is 33.0 Å². The number of nitrogens with zero attached hydrogens (tertiary/aromatic N) is 5. The summed E-state index contributed by atoms with van der Waals surface area (Å²) in [6.45, 7) is 13.0. The van der Waals surface area contributed by atoms with E-state index < -0.39 is 10.2 Å². The first-order valence-corrected chi connectivity index (χ1v) is 15.3. The van der Waals surface area contributed by atoms with Crippen LogP contribution in [0.5, 0.6) is 0 Å². The molecule has 2 fully saturated rings. The second-order valence-electron chi connectivity index (χ2n) is 11.5. The van der Waals surface area contributed by atoms with E-state index in [0.717, 1.165) is 62.3 Å². The molecule has 0 aliphatic carbocycles. The van der Waals surface area contributed by atoms with Gasteiger partial charge >= 0.3 is 16.2 Å². The zero-order valence-corrected chi connectivity index (χ0v) is 24.4. The van der Waals surface area contributed by atoms with Gasteiger partial charge < -0.3 is 19.5 Å². The Kier molecular flexibility index (Phi) is 8.89. The molecule has 0 atom stereocenters. The van der Waals surface area contributed by atoms with Crippen LogP contribution in [0, 0.1) is 5.92 Å². The molecule has 1 N–H and O–H groups in total. The van der Waals surface area contributed by atoms with Crippen molar-refractivity contribution in [3.63, 3.8) is 0 Å². The molecule has 2 amide bonds. The number of rotatable bonds is 8. The number of unbranched alkanes of at least 4 members (excludes halogenated alkanes) is 1. The summed E-state index contributed by atoms with van der Waals surface area (Å²) in [7, 11) is -2.16. The molecule has 11 heteroatoms. The highest BCUT2D eigenvalue weighted by atomic mass is 32.2. The molecule has 2 aliphatic heterocycles. The van der Waals surface area contributed by atoms with E-state index in [0.29, 0.717) is 31.2 Å². The fraction of sp³-hybridized carbons (Fsp3) is 0.704. The molecule has 0 saturated carbocycles. The molecule has 2 saturated heterocycles. The number of amides is 2. The van der Waals surface area contributed by atoms with Crippen molar-refractivity contribution in [2.75, 3.05) is 57.3 Å². The maximum atomic E-state index is 13.5. The quantitative estimate of drug-likeness (QED) is 0.509. The van der Waals surface area contributed by atoms with Gasteiger partial charge in [0.1, 0.15) is 5.82 Å². The lowest BCUT2D eigenvalue weighted by Gasteiger charge is -2.36. The van der Waals surface area contributed by atoms with Crippen LogP contribution >= 0.6 is 0 Å². The molecule has 2 aromatic rings. The number of carbonyl (C=O) groups excluding carboxylic acids is 1. The lowest BCUT2D eigenvalue weighted by molar-refractivity contribution is 0.0611. The van der Waals surface area contributed by atoms with E-state index in [1.165, 1.54) is 8.61 Å². The van der Waals surface area contributed by atoms with Gasteiger partial charge in [0, 0.05) is 64.9 Å². The largest absolute Gasteiger partial charge is 0.381 e. The van der Waals surface area contributed by atoms with Gasteiger partial charge in [0.25, 0.3) is 0 Å². The molecule has 10 nitrogen and oxygen atoms in total. The Morgan fingerprint density at radius 2 is 1.84 bits per heavy atom. The molecule has 0 spiro atoms. The smallest absolute Gasteiger partial charge is 0.317 e. The number of hydrogen-bond donors (Lipinski definition) is 1. The third-order valence-electron chi connectivity index (χ3n) is 7.55. The van der Waals surface area contributed by atoms with Crippen LogP contribution in [-0.4, -0.2) is 86.2 Å². The van der Waals surface area contributed by atoms with E-state index >= 15 is 0 Å². The molecule has 1 aromatic heterocycles. The normalized spacial score (nSPS) is 18.2. The maximum absolute atomic E-state index is 13.5. The second-order valence-corrected chi connectivity index (χ2v) is 13.4. The Hall–Kier alpha value is -2.37. The highest BCUT2D eigenvalue weighted by Gasteiger charge is 2.33. The van der Waals surface area contributed by atoms with Gasteiger partial charge in [-0.25, -0.2) is 9.78 Å². The molecular weight excluding hydrogens is 504 g/mol. The molecule has 1 aromatic carbocycles. The van der Waals surface area contributed by atoms with Crippen LogP contribution in [0.2, 0.25) is 0 Å². The number of aromatic nitrogens is 2. The highest BCUT2D eigenvalue weighted by molar-refractivity contribution is 7.90. The van der Waals surface area contributed by atoms with Crippen molar-refractivity contribution in [3.8, 4) is 0 Å². The Bertz CT molecular complexity index is 1210. The van der Waals surface area contributed by atoms with E-state index in [1.54, 1.807) is 11.9 Å². The number of urea groups is 1. The van der Waals surface area contributed by atoms with Crippen molar-refractivity contribution in [1.29, 1.82) is 0 Å². The van der Waals surface area contributed by atoms with Gasteiger partial charge in [0.2, 0.25) is 0 Å². The Balaban J connectivity index is 1.50. The number of carbonyl (C=O) groups is 1. The molecule has 212 valence electrons. The molecular formula is C27H44N6O4S. The maximum Gasteiger partial charge on any atom is 0.317 e. The van der Waals surface area contributed by atoms with E-state index in [-0.39, 0.29) is 24.5 Å². The average Bonchev–Trinajstić information content (AvgIpc) is 3.27. The summed E-state index contributed by atoms with van der Waals surface area (Å²) in [6, 6.07) is 5.61. The third kappa shape index (κ3) is 6.26. The first kappa shape index (κ1) is 28.6. The highest BCUT2D eigenvalue weighted by Crippen LogP contribution is 2.32. The summed E-state index contributed by atoms with van der Waals surface area (Å²) in [5, 5.41) is 2.91. The van der Waals surface area contributed by atoms with Crippen molar-refractivity contribution < 1.29 is 17.9 Å². The van der Waals surface area contributed by atoms with E-state index in [4.69, 9.17) is 9.72 Å². The van der Waals surface area contributed by atoms with Crippen molar-refractivity contribution in [3.05, 3.63) is 24.0 Å². The van der Waals surface area contributed by atoms with E-state index in [9.17, 15) is 13.2 Å². The number of benzene rings is 1. The van der Waals surface area contributed by atoms with Crippen LogP contribution < -0.4 is 9.62 Å². The standard InChI is InChI=1S/C27H44N6O4S/c1-6-7-12-28-26(34)31-13-15-32(16-14-31)38(35,36)30(5)22-8-9-24-23(19-22)29-25(27(2,3)4)33(24)20-21-10-17-37-18-11-21/h8-9,19,21H,6-7,10-18,20H2,1-5H3,(H,28,34). The molecule has 3 heterocycles. The molecule has 2 aliphatic rings. The summed E-state index contributed by atoms with van der Waals surface area (Å²) in [5.74, 6) is 1.55. The summed E-state index contributed by atoms with van der Waals surface area (Å²) in [4.78, 5) is 19.0. The van der Waals surface area contributed by atoms with Gasteiger partial charge in [-0.05, 0) is 43.4 Å². The Morgan fingerprint density at radius 3 is 2.47 bits per heavy atom. The number of piperazine rings is 1. The topological polar surface area (TPSA) is 100 Å². The number of nitrogens with one attached hydrogen (secondary N) is 1. The van der Waals surface area contributed by atoms with Gasteiger partial charge in [0.05, 0.1) is 16.7 Å². The van der Waals surface area contributed by atoms with Crippen LogP contribution in [-0.2, 0) is 26.9 Å². The number of imidazole rings is 1. The third-order valence-corrected chi connectivity index (χ3v) is 9.47. The fourth-order valence-electron chi connectivity index (χ4n) is 5.17. The van der Waals surface area contributed by atoms with Crippen molar-refractivity contribution in [1.82, 2.24) is 24.1 Å². The summed E-state index contributed by atoms with van der Waals surface area (Å²) < 4.78 is 37.6. The number of hydrogen-bond acceptors (Lipinski definition) is 5. The van der Waals surface area contributed by atoms with Gasteiger partial charge in [0.15, 0.2) is 0 Å². The van der Waals surface area contributed by atoms with Crippen LogP contribution in [0.3, 0.4) is 0 Å². The SMILES string of the molecule is CCCCNC(=O)N1CCN(S(=O)(=O)N(C)c2ccc3c(c2)nc(C(C)(C)C)n3CC2CCOCC2)CC1. The monoisotopic (exact) mass is 548 g/mol. The molecule has 38 heavy (non-hydrogen) atoms. The lowest BCUT2D eigenvalue weighted by Crippen LogP contribution is -2.55. The minimum Gasteiger partial charge on any atom is -0.381 e. The minimum absolute atomic E-state index is 0.125. The zero-order chi connectivity index (χ0) is 27.5.